The van der Waals surface area contributed by atoms with Gasteiger partial charge >= 0.3 is 0 Å². The number of hydrogen-bond donors (Lipinski definition) is 1. The Balaban J connectivity index is 0.00000225. The Morgan fingerprint density at radius 1 is 1.31 bits per heavy atom. The van der Waals surface area contributed by atoms with Gasteiger partial charge in [-0.15, -0.1) is 19.0 Å². The monoisotopic (exact) mass is 251 g/mol. The summed E-state index contributed by atoms with van der Waals surface area (Å²) < 4.78 is 39.0. The van der Waals surface area contributed by atoms with E-state index in [0.29, 0.717) is 17.7 Å². The topological polar surface area (TPSA) is 26.0 Å². The number of nitrogens with two attached hydrogens (primary N) is 1. The zero-order valence-electron chi connectivity index (χ0n) is 8.77. The van der Waals surface area contributed by atoms with E-state index in [1.54, 1.807) is 6.92 Å². The molecular formula is C11H13ClF3N. The van der Waals surface area contributed by atoms with Gasteiger partial charge in [0.25, 0.3) is 0 Å². The van der Waals surface area contributed by atoms with Crippen LogP contribution in [0.4, 0.5) is 13.2 Å². The number of rotatable bonds is 3. The van der Waals surface area contributed by atoms with E-state index in [0.717, 1.165) is 0 Å². The molecule has 0 fully saturated rings. The van der Waals surface area contributed by atoms with Gasteiger partial charge in [0.15, 0.2) is 0 Å². The molecule has 0 unspecified atom stereocenters. The van der Waals surface area contributed by atoms with Crippen molar-refractivity contribution in [1.82, 2.24) is 0 Å². The highest BCUT2D eigenvalue weighted by Crippen LogP contribution is 2.24. The summed E-state index contributed by atoms with van der Waals surface area (Å²) in [6, 6.07) is 0.413. The molecule has 0 aromatic heterocycles. The van der Waals surface area contributed by atoms with Crippen LogP contribution in [0.15, 0.2) is 24.3 Å². The Hall–Kier alpha value is -1.00. The van der Waals surface area contributed by atoms with Crippen molar-refractivity contribution in [2.45, 2.75) is 19.4 Å². The summed E-state index contributed by atoms with van der Waals surface area (Å²) in [7, 11) is 0. The Kier molecular flexibility index (Phi) is 5.55. The number of benzene rings is 1. The average molecular weight is 252 g/mol. The molecule has 0 heterocycles. The molecule has 0 aliphatic rings. The minimum Gasteiger partial charge on any atom is -0.324 e. The second-order valence-corrected chi connectivity index (χ2v) is 3.55. The molecule has 1 atom stereocenters. The van der Waals surface area contributed by atoms with Gasteiger partial charge < -0.3 is 5.73 Å². The van der Waals surface area contributed by atoms with E-state index in [1.165, 1.54) is 0 Å². The molecule has 0 aliphatic heterocycles. The summed E-state index contributed by atoms with van der Waals surface area (Å²) in [6.45, 7) is 5.31. The molecule has 1 aromatic rings. The fourth-order valence-corrected chi connectivity index (χ4v) is 1.39. The van der Waals surface area contributed by atoms with Crippen LogP contribution in [-0.4, -0.2) is 0 Å². The van der Waals surface area contributed by atoms with E-state index in [9.17, 15) is 13.2 Å². The Morgan fingerprint density at radius 2 is 1.75 bits per heavy atom. The molecule has 1 aromatic carbocycles. The second-order valence-electron chi connectivity index (χ2n) is 3.55. The van der Waals surface area contributed by atoms with Crippen molar-refractivity contribution in [2.24, 2.45) is 5.73 Å². The van der Waals surface area contributed by atoms with Crippen LogP contribution in [0.5, 0.6) is 0 Å². The first-order valence-corrected chi connectivity index (χ1v) is 4.46. The van der Waals surface area contributed by atoms with Crippen molar-refractivity contribution in [3.8, 4) is 0 Å². The SMILES string of the molecule is C=C(C)C[C@@H](N)c1c(F)cc(F)cc1F.Cl. The van der Waals surface area contributed by atoms with Crippen molar-refractivity contribution in [1.29, 1.82) is 0 Å². The molecule has 0 spiro atoms. The summed E-state index contributed by atoms with van der Waals surface area (Å²) >= 11 is 0. The smallest absolute Gasteiger partial charge is 0.133 e. The first kappa shape index (κ1) is 15.0. The molecule has 0 amide bonds. The minimum atomic E-state index is -0.957. The van der Waals surface area contributed by atoms with Crippen LogP contribution >= 0.6 is 12.4 Å². The van der Waals surface area contributed by atoms with Crippen LogP contribution in [0.25, 0.3) is 0 Å². The van der Waals surface area contributed by atoms with Crippen LogP contribution in [0.1, 0.15) is 24.9 Å². The fraction of sp³-hybridized carbons (Fsp3) is 0.273. The maximum atomic E-state index is 13.2. The average Bonchev–Trinajstić information content (AvgIpc) is 1.99. The lowest BCUT2D eigenvalue weighted by atomic mass is 10.00. The third-order valence-corrected chi connectivity index (χ3v) is 1.98. The second kappa shape index (κ2) is 5.92. The third-order valence-electron chi connectivity index (χ3n) is 1.98. The normalized spacial score (nSPS) is 11.8. The number of halogens is 4. The summed E-state index contributed by atoms with van der Waals surface area (Å²) in [6.07, 6.45) is 0.263. The molecule has 0 radical (unpaired) electrons. The highest BCUT2D eigenvalue weighted by atomic mass is 35.5. The molecule has 1 rings (SSSR count). The van der Waals surface area contributed by atoms with Crippen molar-refractivity contribution in [2.75, 3.05) is 0 Å². The van der Waals surface area contributed by atoms with Crippen LogP contribution in [-0.2, 0) is 0 Å². The van der Waals surface area contributed by atoms with Gasteiger partial charge in [-0.2, -0.15) is 0 Å². The highest BCUT2D eigenvalue weighted by molar-refractivity contribution is 5.85. The molecule has 0 bridgehead atoms. The Labute approximate surface area is 98.6 Å². The molecule has 0 saturated carbocycles. The van der Waals surface area contributed by atoms with Crippen LogP contribution in [0.2, 0.25) is 0 Å². The predicted octanol–water partition coefficient (Wildman–Crippen LogP) is 3.49. The summed E-state index contributed by atoms with van der Waals surface area (Å²) in [4.78, 5) is 0. The Bertz CT molecular complexity index is 370. The lowest BCUT2D eigenvalue weighted by Crippen LogP contribution is -2.14. The zero-order chi connectivity index (χ0) is 11.6. The predicted molar refractivity (Wildman–Crippen MR) is 59.9 cm³/mol. The van der Waals surface area contributed by atoms with E-state index in [4.69, 9.17) is 5.73 Å². The quantitative estimate of drug-likeness (QED) is 0.818. The first-order chi connectivity index (χ1) is 6.91. The molecule has 0 saturated heterocycles. The van der Waals surface area contributed by atoms with E-state index in [-0.39, 0.29) is 24.4 Å². The number of hydrogen-bond acceptors (Lipinski definition) is 1. The van der Waals surface area contributed by atoms with Crippen molar-refractivity contribution in [3.05, 3.63) is 47.3 Å². The fourth-order valence-electron chi connectivity index (χ4n) is 1.39. The largest absolute Gasteiger partial charge is 0.324 e. The van der Waals surface area contributed by atoms with Crippen LogP contribution in [0, 0.1) is 17.5 Å². The zero-order valence-corrected chi connectivity index (χ0v) is 9.58. The lowest BCUT2D eigenvalue weighted by molar-refractivity contribution is 0.501. The molecular weight excluding hydrogens is 239 g/mol. The van der Waals surface area contributed by atoms with E-state index >= 15 is 0 Å². The first-order valence-electron chi connectivity index (χ1n) is 4.46. The van der Waals surface area contributed by atoms with Gasteiger partial charge in [0.2, 0.25) is 0 Å². The molecule has 1 nitrogen and oxygen atoms in total. The van der Waals surface area contributed by atoms with Crippen molar-refractivity contribution in [3.63, 3.8) is 0 Å². The van der Waals surface area contributed by atoms with Gasteiger partial charge in [0, 0.05) is 23.7 Å². The third kappa shape index (κ3) is 3.54. The summed E-state index contributed by atoms with van der Waals surface area (Å²) in [5, 5.41) is 0. The Morgan fingerprint density at radius 3 is 2.12 bits per heavy atom. The minimum absolute atomic E-state index is 0. The van der Waals surface area contributed by atoms with E-state index in [1.807, 2.05) is 0 Å². The lowest BCUT2D eigenvalue weighted by Gasteiger charge is -2.13. The molecule has 90 valence electrons. The van der Waals surface area contributed by atoms with E-state index in [2.05, 4.69) is 6.58 Å². The summed E-state index contributed by atoms with van der Waals surface area (Å²) in [5.74, 6) is -2.86. The molecule has 2 N–H and O–H groups in total. The van der Waals surface area contributed by atoms with Crippen LogP contribution < -0.4 is 5.73 Å². The van der Waals surface area contributed by atoms with E-state index < -0.39 is 23.5 Å². The van der Waals surface area contributed by atoms with Gasteiger partial charge in [-0.25, -0.2) is 13.2 Å². The molecule has 0 aliphatic carbocycles. The van der Waals surface area contributed by atoms with Gasteiger partial charge in [-0.05, 0) is 13.3 Å². The maximum Gasteiger partial charge on any atom is 0.133 e. The molecule has 5 heteroatoms. The van der Waals surface area contributed by atoms with Crippen LogP contribution in [0.3, 0.4) is 0 Å². The van der Waals surface area contributed by atoms with Gasteiger partial charge in [0.05, 0.1) is 0 Å². The summed E-state index contributed by atoms with van der Waals surface area (Å²) in [5.41, 5.74) is 6.01. The highest BCUT2D eigenvalue weighted by Gasteiger charge is 2.18. The van der Waals surface area contributed by atoms with Gasteiger partial charge in [0.1, 0.15) is 17.5 Å². The standard InChI is InChI=1S/C11H12F3N.ClH/c1-6(2)3-10(15)11-8(13)4-7(12)5-9(11)14;/h4-5,10H,1,3,15H2,2H3;1H/t10-;/m1./s1. The van der Waals surface area contributed by atoms with Gasteiger partial charge in [-0.3, -0.25) is 0 Å². The maximum absolute atomic E-state index is 13.2. The van der Waals surface area contributed by atoms with Gasteiger partial charge in [-0.1, -0.05) is 5.57 Å². The molecule has 16 heavy (non-hydrogen) atoms. The van der Waals surface area contributed by atoms with Crippen molar-refractivity contribution >= 4 is 12.4 Å². The van der Waals surface area contributed by atoms with Crippen molar-refractivity contribution < 1.29 is 13.2 Å².